The summed E-state index contributed by atoms with van der Waals surface area (Å²) in [5.41, 5.74) is 7.37. The van der Waals surface area contributed by atoms with Crippen molar-refractivity contribution in [2.24, 2.45) is 5.73 Å². The highest BCUT2D eigenvalue weighted by molar-refractivity contribution is 5.95. The van der Waals surface area contributed by atoms with Crippen molar-refractivity contribution < 1.29 is 18.4 Å². The van der Waals surface area contributed by atoms with Crippen molar-refractivity contribution in [3.8, 4) is 17.2 Å². The summed E-state index contributed by atoms with van der Waals surface area (Å²) in [6.07, 6.45) is 0.985. The molecule has 0 aliphatic carbocycles. The van der Waals surface area contributed by atoms with Gasteiger partial charge in [0.2, 0.25) is 5.91 Å². The van der Waals surface area contributed by atoms with Crippen molar-refractivity contribution >= 4 is 23.3 Å². The van der Waals surface area contributed by atoms with Gasteiger partial charge in [-0.25, -0.2) is 13.6 Å². The molecule has 3 N–H and O–H groups in total. The lowest BCUT2D eigenvalue weighted by Gasteiger charge is -2.18. The molecule has 1 aliphatic heterocycles. The highest BCUT2D eigenvalue weighted by Crippen LogP contribution is 2.33. The van der Waals surface area contributed by atoms with Crippen molar-refractivity contribution in [3.05, 3.63) is 83.4 Å². The molecule has 0 radical (unpaired) electrons. The van der Waals surface area contributed by atoms with E-state index in [0.717, 1.165) is 11.3 Å². The Balaban J connectivity index is 0.000000235. The van der Waals surface area contributed by atoms with E-state index in [-0.39, 0.29) is 22.7 Å². The summed E-state index contributed by atoms with van der Waals surface area (Å²) < 4.78 is 28.8. The molecule has 6 nitrogen and oxygen atoms in total. The Morgan fingerprint density at radius 1 is 1.03 bits per heavy atom. The molecule has 0 aromatic heterocycles. The summed E-state index contributed by atoms with van der Waals surface area (Å²) in [6.45, 7) is 2.37. The molecule has 0 atom stereocenters. The van der Waals surface area contributed by atoms with Gasteiger partial charge in [-0.3, -0.25) is 4.79 Å². The Kier molecular flexibility index (Phi) is 7.36. The van der Waals surface area contributed by atoms with Crippen LogP contribution in [0, 0.1) is 29.9 Å². The maximum absolute atomic E-state index is 14.4. The highest BCUT2D eigenvalue weighted by atomic mass is 19.2. The number of hydrogen-bond acceptors (Lipinski definition) is 3. The lowest BCUT2D eigenvalue weighted by Crippen LogP contribution is -2.25. The lowest BCUT2D eigenvalue weighted by atomic mass is 9.99. The summed E-state index contributed by atoms with van der Waals surface area (Å²) in [5.74, 6) is -2.30. The molecule has 0 bridgehead atoms. The van der Waals surface area contributed by atoms with Gasteiger partial charge in [0.05, 0.1) is 17.3 Å². The first kappa shape index (κ1) is 23.4. The second-order valence-electron chi connectivity index (χ2n) is 7.42. The van der Waals surface area contributed by atoms with Gasteiger partial charge < -0.3 is 16.0 Å². The van der Waals surface area contributed by atoms with Gasteiger partial charge in [0.25, 0.3) is 0 Å². The second kappa shape index (κ2) is 10.4. The molecule has 1 saturated heterocycles. The smallest absolute Gasteiger partial charge is 0.316 e. The molecular formula is C25H22F2N4O2. The van der Waals surface area contributed by atoms with Gasteiger partial charge in [0.15, 0.2) is 11.6 Å². The highest BCUT2D eigenvalue weighted by Gasteiger charge is 2.27. The molecule has 168 valence electrons. The molecule has 0 spiro atoms. The summed E-state index contributed by atoms with van der Waals surface area (Å²) in [5, 5.41) is 11.6. The molecule has 1 fully saturated rings. The van der Waals surface area contributed by atoms with Crippen molar-refractivity contribution in [1.29, 1.82) is 5.26 Å². The summed E-state index contributed by atoms with van der Waals surface area (Å²) in [6, 6.07) is 18.1. The van der Waals surface area contributed by atoms with E-state index in [1.54, 1.807) is 36.4 Å². The van der Waals surface area contributed by atoms with Crippen LogP contribution in [-0.2, 0) is 4.79 Å². The fourth-order valence-electron chi connectivity index (χ4n) is 3.45. The zero-order chi connectivity index (χ0) is 24.0. The minimum Gasteiger partial charge on any atom is -0.351 e. The molecule has 33 heavy (non-hydrogen) atoms. The molecule has 1 heterocycles. The number of nitriles is 1. The van der Waals surface area contributed by atoms with Crippen LogP contribution in [0.25, 0.3) is 11.1 Å². The quantitative estimate of drug-likeness (QED) is 0.582. The van der Waals surface area contributed by atoms with E-state index in [1.807, 2.05) is 25.1 Å². The van der Waals surface area contributed by atoms with Crippen molar-refractivity contribution in [1.82, 2.24) is 0 Å². The van der Waals surface area contributed by atoms with Gasteiger partial charge in [-0.15, -0.1) is 0 Å². The number of aryl methyl sites for hydroxylation is 1. The number of urea groups is 1. The number of rotatable bonds is 3. The van der Waals surface area contributed by atoms with Gasteiger partial charge >= 0.3 is 6.03 Å². The zero-order valence-electron chi connectivity index (χ0n) is 17.9. The van der Waals surface area contributed by atoms with Gasteiger partial charge in [-0.2, -0.15) is 5.26 Å². The van der Waals surface area contributed by atoms with Crippen LogP contribution >= 0.6 is 0 Å². The van der Waals surface area contributed by atoms with Crippen LogP contribution in [0.15, 0.2) is 60.7 Å². The largest absolute Gasteiger partial charge is 0.351 e. The fourth-order valence-corrected chi connectivity index (χ4v) is 3.45. The van der Waals surface area contributed by atoms with Crippen LogP contribution in [0.1, 0.15) is 24.0 Å². The minimum atomic E-state index is -1.06. The Labute approximate surface area is 190 Å². The summed E-state index contributed by atoms with van der Waals surface area (Å²) in [4.78, 5) is 23.3. The van der Waals surface area contributed by atoms with Crippen LogP contribution in [0.3, 0.4) is 0 Å². The number of primary amides is 1. The molecule has 4 rings (SSSR count). The third-order valence-electron chi connectivity index (χ3n) is 5.08. The first-order chi connectivity index (χ1) is 15.8. The maximum Gasteiger partial charge on any atom is 0.316 e. The number of halogens is 2. The monoisotopic (exact) mass is 448 g/mol. The third kappa shape index (κ3) is 5.52. The van der Waals surface area contributed by atoms with Crippen molar-refractivity contribution in [3.63, 3.8) is 0 Å². The molecule has 3 aromatic carbocycles. The van der Waals surface area contributed by atoms with Gasteiger partial charge in [-0.1, -0.05) is 35.9 Å². The second-order valence-corrected chi connectivity index (χ2v) is 7.42. The number of carbonyl (C=O) groups is 2. The Bertz CT molecular complexity index is 1220. The van der Waals surface area contributed by atoms with Crippen LogP contribution in [-0.4, -0.2) is 18.5 Å². The number of nitrogens with two attached hydrogens (primary N) is 1. The number of anilines is 2. The molecule has 3 aromatic rings. The van der Waals surface area contributed by atoms with Gasteiger partial charge in [0.1, 0.15) is 0 Å². The Hall–Kier alpha value is -4.25. The first-order valence-corrected chi connectivity index (χ1v) is 10.2. The number of nitrogens with one attached hydrogen (secondary N) is 1. The minimum absolute atomic E-state index is 0.0186. The SMILES string of the molecule is Cc1ccc(NC(N)=O)cc1.N#Cc1ccccc1-c1ccc(N2CCCC2=O)c(F)c1F. The standard InChI is InChI=1S/C17H12F2N2O.C8H10N2O/c18-16-13(12-5-2-1-4-11(12)10-20)7-8-14(17(16)19)21-9-3-6-15(21)22;1-6-2-4-7(5-3-6)10-8(9)11/h1-2,4-5,7-8H,3,6,9H2;2-5H,1H3,(H3,9,10,11). The third-order valence-corrected chi connectivity index (χ3v) is 5.08. The van der Waals surface area contributed by atoms with Crippen LogP contribution in [0.2, 0.25) is 0 Å². The van der Waals surface area contributed by atoms with E-state index in [2.05, 4.69) is 5.32 Å². The molecule has 1 aliphatic rings. The number of nitrogens with zero attached hydrogens (tertiary/aromatic N) is 2. The summed E-state index contributed by atoms with van der Waals surface area (Å²) in [7, 11) is 0. The topological polar surface area (TPSA) is 99.2 Å². The molecule has 3 amide bonds. The zero-order valence-corrected chi connectivity index (χ0v) is 17.9. The van der Waals surface area contributed by atoms with Gasteiger partial charge in [-0.05, 0) is 43.7 Å². The van der Waals surface area contributed by atoms with Crippen LogP contribution < -0.4 is 16.0 Å². The predicted octanol–water partition coefficient (Wildman–Crippen LogP) is 5.12. The van der Waals surface area contributed by atoms with Crippen LogP contribution in [0.4, 0.5) is 25.0 Å². The maximum atomic E-state index is 14.4. The van der Waals surface area contributed by atoms with E-state index in [9.17, 15) is 18.4 Å². The fraction of sp³-hybridized carbons (Fsp3) is 0.160. The molecule has 0 unspecified atom stereocenters. The van der Waals surface area contributed by atoms with Crippen LogP contribution in [0.5, 0.6) is 0 Å². The van der Waals surface area contributed by atoms with Crippen molar-refractivity contribution in [2.75, 3.05) is 16.8 Å². The number of amides is 3. The average molecular weight is 448 g/mol. The average Bonchev–Trinajstić information content (AvgIpc) is 3.23. The summed E-state index contributed by atoms with van der Waals surface area (Å²) >= 11 is 0. The van der Waals surface area contributed by atoms with E-state index >= 15 is 0 Å². The lowest BCUT2D eigenvalue weighted by molar-refractivity contribution is -0.117. The van der Waals surface area contributed by atoms with E-state index < -0.39 is 17.7 Å². The molecule has 8 heteroatoms. The van der Waals surface area contributed by atoms with E-state index in [1.165, 1.54) is 17.0 Å². The first-order valence-electron chi connectivity index (χ1n) is 10.2. The number of carbonyl (C=O) groups excluding carboxylic acids is 2. The number of benzene rings is 3. The number of hydrogen-bond donors (Lipinski definition) is 2. The Morgan fingerprint density at radius 2 is 1.73 bits per heavy atom. The Morgan fingerprint density at radius 3 is 2.33 bits per heavy atom. The molecule has 0 saturated carbocycles. The van der Waals surface area contributed by atoms with E-state index in [4.69, 9.17) is 11.0 Å². The predicted molar refractivity (Wildman–Crippen MR) is 122 cm³/mol. The van der Waals surface area contributed by atoms with Gasteiger partial charge in [0, 0.05) is 29.8 Å². The van der Waals surface area contributed by atoms with E-state index in [0.29, 0.717) is 24.9 Å². The normalized spacial score (nSPS) is 12.5. The molecular weight excluding hydrogens is 426 g/mol. The van der Waals surface area contributed by atoms with Crippen molar-refractivity contribution in [2.45, 2.75) is 19.8 Å².